The first-order valence-corrected chi connectivity index (χ1v) is 35.7. The van der Waals surface area contributed by atoms with Crippen LogP contribution in [0.4, 0.5) is 0 Å². The Morgan fingerprint density at radius 2 is 0.476 bits per heavy atom. The van der Waals surface area contributed by atoms with Crippen LogP contribution in [0.1, 0.15) is 81.4 Å². The molecular formula is C36H27Br12N3O9Si3. The lowest BCUT2D eigenvalue weighted by Crippen LogP contribution is -2.67. The van der Waals surface area contributed by atoms with Gasteiger partial charge in [0.05, 0.1) is 33.4 Å². The molecule has 0 saturated carbocycles. The average Bonchev–Trinajstić information content (AvgIpc) is 3.72. The van der Waals surface area contributed by atoms with Crippen LogP contribution in [0.25, 0.3) is 0 Å². The lowest BCUT2D eigenvalue weighted by atomic mass is 10.1. The number of nitrogens with zero attached hydrogens (tertiary/aromatic N) is 3. The van der Waals surface area contributed by atoms with Gasteiger partial charge < -0.3 is 12.3 Å². The zero-order chi connectivity index (χ0) is 46.6. The number of carbonyl (C=O) groups excluding carboxylic acids is 6. The molecule has 0 unspecified atom stereocenters. The van der Waals surface area contributed by atoms with Gasteiger partial charge in [-0.15, -0.1) is 0 Å². The number of halogens is 12. The summed E-state index contributed by atoms with van der Waals surface area (Å²) >= 11 is 41.8. The minimum Gasteiger partial charge on any atom is -0.416 e. The van der Waals surface area contributed by atoms with E-state index in [1.165, 1.54) is 14.7 Å². The van der Waals surface area contributed by atoms with Gasteiger partial charge in [-0.05, 0) is 248 Å². The van der Waals surface area contributed by atoms with Crippen LogP contribution in [0.2, 0.25) is 37.8 Å². The smallest absolute Gasteiger partial charge is 0.317 e. The minimum absolute atomic E-state index is 0.112. The molecule has 0 radical (unpaired) electrons. The van der Waals surface area contributed by atoms with E-state index in [9.17, 15) is 28.8 Å². The summed E-state index contributed by atoms with van der Waals surface area (Å²) in [6.07, 6.45) is 1.15. The number of benzene rings is 3. The molecule has 27 heteroatoms. The van der Waals surface area contributed by atoms with Gasteiger partial charge in [-0.25, -0.2) is 0 Å². The highest BCUT2D eigenvalue weighted by molar-refractivity contribution is 9.16. The van der Waals surface area contributed by atoms with E-state index in [0.29, 0.717) is 91.1 Å². The largest absolute Gasteiger partial charge is 0.416 e. The summed E-state index contributed by atoms with van der Waals surface area (Å²) in [4.78, 5) is 85.8. The van der Waals surface area contributed by atoms with Crippen molar-refractivity contribution in [1.82, 2.24) is 14.7 Å². The molecule has 0 spiro atoms. The molecule has 6 amide bonds. The van der Waals surface area contributed by atoms with E-state index in [-0.39, 0.29) is 53.0 Å². The van der Waals surface area contributed by atoms with Crippen LogP contribution < -0.4 is 0 Å². The van der Waals surface area contributed by atoms with Crippen LogP contribution in [0.5, 0.6) is 0 Å². The second kappa shape index (κ2) is 19.5. The van der Waals surface area contributed by atoms with Crippen molar-refractivity contribution in [2.75, 3.05) is 19.6 Å². The second-order valence-electron chi connectivity index (χ2n) is 15.3. The topological polar surface area (TPSA) is 140 Å². The summed E-state index contributed by atoms with van der Waals surface area (Å²) in [6.45, 7) is 6.21. The Labute approximate surface area is 465 Å². The number of rotatable bonds is 12. The maximum absolute atomic E-state index is 13.7. The summed E-state index contributed by atoms with van der Waals surface area (Å²) in [7, 11) is -9.43. The molecule has 0 aromatic heterocycles. The number of carbonyl (C=O) groups is 6. The minimum atomic E-state index is -3.14. The normalized spacial score (nSPS) is 23.2. The molecule has 4 aliphatic rings. The number of imide groups is 3. The van der Waals surface area contributed by atoms with Crippen molar-refractivity contribution in [3.05, 3.63) is 87.1 Å². The molecule has 3 aromatic carbocycles. The van der Waals surface area contributed by atoms with Gasteiger partial charge in [0.1, 0.15) is 0 Å². The van der Waals surface area contributed by atoms with E-state index in [0.717, 1.165) is 0 Å². The molecule has 12 nitrogen and oxygen atoms in total. The first-order valence-electron chi connectivity index (χ1n) is 18.6. The Morgan fingerprint density at radius 1 is 0.317 bits per heavy atom. The van der Waals surface area contributed by atoms with Crippen LogP contribution in [-0.4, -0.2) is 95.5 Å². The van der Waals surface area contributed by atoms with Gasteiger partial charge in [-0.3, -0.25) is 43.5 Å². The predicted octanol–water partition coefficient (Wildman–Crippen LogP) is 14.5. The van der Waals surface area contributed by atoms with Crippen LogP contribution in [0.15, 0.2) is 53.7 Å². The molecule has 1 saturated heterocycles. The zero-order valence-corrected chi connectivity index (χ0v) is 54.4. The lowest BCUT2D eigenvalue weighted by Gasteiger charge is -2.50. The van der Waals surface area contributed by atoms with Gasteiger partial charge in [0, 0.05) is 73.3 Å². The summed E-state index contributed by atoms with van der Waals surface area (Å²) in [5.41, 5.74) is 1.58. The Balaban J connectivity index is 1.09. The maximum atomic E-state index is 13.7. The molecule has 7 rings (SSSR count). The van der Waals surface area contributed by atoms with Crippen molar-refractivity contribution in [1.29, 1.82) is 0 Å². The molecule has 1 fully saturated rings. The first-order chi connectivity index (χ1) is 29.3. The Kier molecular flexibility index (Phi) is 16.2. The molecule has 63 heavy (non-hydrogen) atoms. The van der Waals surface area contributed by atoms with E-state index < -0.39 is 61.1 Å². The molecule has 0 bridgehead atoms. The van der Waals surface area contributed by atoms with E-state index in [1.807, 2.05) is 19.6 Å². The standard InChI is InChI=1S/C36H27Br12N3O9Si3/c1-61(10-4-7-49-31(52)13-14(32(49)53)20(38)26(44)25(43)19(13)37)58-62(2,11-5-8-50-33(54)15-16(34(50)55)22(40)28(46)27(45)21(15)39)60-63(3,59-61)12-6-9-51-35(56)17-18(36(51)57)24(42)30(48)29(47)23(17)41/h4-12H2,1-3H3. The molecule has 0 atom stereocenters. The van der Waals surface area contributed by atoms with Gasteiger partial charge >= 0.3 is 25.7 Å². The van der Waals surface area contributed by atoms with Gasteiger partial charge in [0.15, 0.2) is 0 Å². The van der Waals surface area contributed by atoms with E-state index in [1.54, 1.807) is 0 Å². The molecular weight excluding hydrogens is 1660 g/mol. The quantitative estimate of drug-likeness (QED) is 0.0750. The van der Waals surface area contributed by atoms with Gasteiger partial charge in [-0.1, -0.05) is 0 Å². The third-order valence-corrected chi connectivity index (χ3v) is 39.3. The van der Waals surface area contributed by atoms with Gasteiger partial charge in [0.2, 0.25) is 0 Å². The summed E-state index contributed by atoms with van der Waals surface area (Å²) in [5.74, 6) is -2.53. The van der Waals surface area contributed by atoms with Crippen molar-refractivity contribution < 1.29 is 41.1 Å². The van der Waals surface area contributed by atoms with Crippen LogP contribution in [-0.2, 0) is 12.3 Å². The highest BCUT2D eigenvalue weighted by Crippen LogP contribution is 2.49. The number of amides is 6. The molecule has 0 aliphatic carbocycles. The Bertz CT molecular complexity index is 2210. The highest BCUT2D eigenvalue weighted by Gasteiger charge is 2.56. The van der Waals surface area contributed by atoms with Gasteiger partial charge in [0.25, 0.3) is 35.4 Å². The van der Waals surface area contributed by atoms with E-state index in [2.05, 4.69) is 191 Å². The maximum Gasteiger partial charge on any atom is 0.317 e. The number of fused-ring (bicyclic) bond motifs is 3. The fourth-order valence-corrected chi connectivity index (χ4v) is 33.0. The summed E-state index contributed by atoms with van der Waals surface area (Å²) in [6, 6.07) is 1.25. The van der Waals surface area contributed by atoms with E-state index in [4.69, 9.17) is 12.3 Å². The lowest BCUT2D eigenvalue weighted by molar-refractivity contribution is 0.0638. The third kappa shape index (κ3) is 9.28. The third-order valence-electron chi connectivity index (χ3n) is 10.9. The Morgan fingerprint density at radius 3 is 0.635 bits per heavy atom. The van der Waals surface area contributed by atoms with Crippen molar-refractivity contribution in [3.8, 4) is 0 Å². The van der Waals surface area contributed by atoms with Crippen LogP contribution >= 0.6 is 191 Å². The van der Waals surface area contributed by atoms with Crippen LogP contribution in [0.3, 0.4) is 0 Å². The van der Waals surface area contributed by atoms with Crippen molar-refractivity contribution in [2.24, 2.45) is 0 Å². The fourth-order valence-electron chi connectivity index (χ4n) is 8.21. The predicted molar refractivity (Wildman–Crippen MR) is 284 cm³/mol. The monoisotopic (exact) mass is 1680 g/mol. The highest BCUT2D eigenvalue weighted by atomic mass is 79.9. The summed E-state index contributed by atoms with van der Waals surface area (Å²) < 4.78 is 27.3. The molecule has 0 N–H and O–H groups in total. The average molecular weight is 1690 g/mol. The summed E-state index contributed by atoms with van der Waals surface area (Å²) in [5, 5.41) is 0. The van der Waals surface area contributed by atoms with Crippen LogP contribution in [0, 0.1) is 0 Å². The second-order valence-corrected chi connectivity index (χ2v) is 35.6. The van der Waals surface area contributed by atoms with Crippen molar-refractivity contribution in [3.63, 3.8) is 0 Å². The number of hydrogen-bond donors (Lipinski definition) is 0. The van der Waals surface area contributed by atoms with E-state index >= 15 is 0 Å². The number of hydrogen-bond acceptors (Lipinski definition) is 9. The SMILES string of the molecule is C[Si]1(CCCN2C(=O)c3c(Br)c(Br)c(Br)c(Br)c3C2=O)O[Si](C)(CCCN2C(=O)c3c(Br)c(Br)c(Br)c(Br)c3C2=O)O[Si](C)(CCCN2C(=O)c3c(Br)c(Br)c(Br)c(Br)c3C2=O)O1. The fraction of sp³-hybridized carbons (Fsp3) is 0.333. The van der Waals surface area contributed by atoms with Crippen molar-refractivity contribution >= 4 is 252 Å². The first kappa shape index (κ1) is 52.2. The Hall–Kier alpha value is 1.37. The molecule has 4 heterocycles. The molecule has 3 aromatic rings. The molecule has 336 valence electrons. The van der Waals surface area contributed by atoms with Gasteiger partial charge in [-0.2, -0.15) is 0 Å². The zero-order valence-electron chi connectivity index (χ0n) is 32.4. The van der Waals surface area contributed by atoms with Crippen molar-refractivity contribution in [2.45, 2.75) is 57.0 Å². The molecule has 4 aliphatic heterocycles.